The molecule has 1 fully saturated rings. The fourth-order valence-electron chi connectivity index (χ4n) is 1.60. The van der Waals surface area contributed by atoms with Crippen molar-refractivity contribution in [1.82, 2.24) is 5.32 Å². The van der Waals surface area contributed by atoms with E-state index in [1.54, 1.807) is 5.32 Å². The van der Waals surface area contributed by atoms with Crippen molar-refractivity contribution in [3.8, 4) is 0 Å². The maximum Gasteiger partial charge on any atom is 0.471 e. The molecule has 1 rings (SSSR count). The average Bonchev–Trinajstić information content (AvgIpc) is 2.50. The SMILES string of the molecule is O=C(O)C1CCC(NC(=O)C(F)(F)F)C1. The molecule has 0 bridgehead atoms. The number of rotatable bonds is 2. The van der Waals surface area contributed by atoms with Crippen LogP contribution in [0.5, 0.6) is 0 Å². The first-order valence-electron chi connectivity index (χ1n) is 4.41. The van der Waals surface area contributed by atoms with Crippen LogP contribution >= 0.6 is 0 Å². The molecule has 0 aromatic carbocycles. The van der Waals surface area contributed by atoms with Crippen molar-refractivity contribution in [3.05, 3.63) is 0 Å². The quantitative estimate of drug-likeness (QED) is 0.734. The molecule has 2 N–H and O–H groups in total. The fraction of sp³-hybridized carbons (Fsp3) is 0.750. The Kier molecular flexibility index (Phi) is 3.21. The summed E-state index contributed by atoms with van der Waals surface area (Å²) in [6.07, 6.45) is -4.25. The van der Waals surface area contributed by atoms with Gasteiger partial charge in [-0.15, -0.1) is 0 Å². The lowest BCUT2D eigenvalue weighted by Gasteiger charge is -2.13. The van der Waals surface area contributed by atoms with Crippen molar-refractivity contribution in [3.63, 3.8) is 0 Å². The second-order valence-corrected chi connectivity index (χ2v) is 3.52. The van der Waals surface area contributed by atoms with Gasteiger partial charge < -0.3 is 10.4 Å². The van der Waals surface area contributed by atoms with Crippen molar-refractivity contribution in [2.24, 2.45) is 5.92 Å². The van der Waals surface area contributed by atoms with E-state index in [4.69, 9.17) is 5.11 Å². The van der Waals surface area contributed by atoms with Crippen molar-refractivity contribution in [1.29, 1.82) is 0 Å². The second-order valence-electron chi connectivity index (χ2n) is 3.52. The zero-order valence-electron chi connectivity index (χ0n) is 7.67. The molecule has 4 nitrogen and oxygen atoms in total. The summed E-state index contributed by atoms with van der Waals surface area (Å²) in [5.41, 5.74) is 0. The third-order valence-corrected chi connectivity index (χ3v) is 2.37. The summed E-state index contributed by atoms with van der Waals surface area (Å²) in [6.45, 7) is 0. The molecule has 0 aromatic heterocycles. The number of carboxylic acids is 1. The Labute approximate surface area is 83.5 Å². The average molecular weight is 225 g/mol. The third kappa shape index (κ3) is 3.10. The highest BCUT2D eigenvalue weighted by atomic mass is 19.4. The zero-order chi connectivity index (χ0) is 11.6. The topological polar surface area (TPSA) is 66.4 Å². The van der Waals surface area contributed by atoms with Crippen LogP contribution in [0, 0.1) is 5.92 Å². The highest BCUT2D eigenvalue weighted by Gasteiger charge is 2.41. The molecule has 1 aliphatic carbocycles. The number of aliphatic carboxylic acids is 1. The van der Waals surface area contributed by atoms with Crippen molar-refractivity contribution in [2.45, 2.75) is 31.5 Å². The number of nitrogens with one attached hydrogen (secondary N) is 1. The molecule has 0 aliphatic heterocycles. The maximum absolute atomic E-state index is 11.8. The highest BCUT2D eigenvalue weighted by molar-refractivity contribution is 5.82. The van der Waals surface area contributed by atoms with Crippen molar-refractivity contribution < 1.29 is 27.9 Å². The van der Waals surface area contributed by atoms with Crippen LogP contribution in [0.2, 0.25) is 0 Å². The van der Waals surface area contributed by atoms with Gasteiger partial charge >= 0.3 is 18.1 Å². The molecule has 0 radical (unpaired) electrons. The minimum atomic E-state index is -4.90. The van der Waals surface area contributed by atoms with E-state index in [2.05, 4.69) is 0 Å². The highest BCUT2D eigenvalue weighted by Crippen LogP contribution is 2.26. The van der Waals surface area contributed by atoms with E-state index in [9.17, 15) is 22.8 Å². The molecule has 15 heavy (non-hydrogen) atoms. The lowest BCUT2D eigenvalue weighted by molar-refractivity contribution is -0.174. The molecule has 2 unspecified atom stereocenters. The van der Waals surface area contributed by atoms with Gasteiger partial charge in [0.05, 0.1) is 5.92 Å². The summed E-state index contributed by atoms with van der Waals surface area (Å²) in [6, 6.07) is -0.680. The third-order valence-electron chi connectivity index (χ3n) is 2.37. The Balaban J connectivity index is 2.43. The molecular weight excluding hydrogens is 215 g/mol. The van der Waals surface area contributed by atoms with Gasteiger partial charge in [0.25, 0.3) is 0 Å². The van der Waals surface area contributed by atoms with Gasteiger partial charge in [-0.25, -0.2) is 0 Å². The maximum atomic E-state index is 11.8. The van der Waals surface area contributed by atoms with Crippen LogP contribution in [-0.4, -0.2) is 29.2 Å². The summed E-state index contributed by atoms with van der Waals surface area (Å²) >= 11 is 0. The molecule has 1 saturated carbocycles. The number of hydrogen-bond donors (Lipinski definition) is 2. The Morgan fingerprint density at radius 2 is 1.87 bits per heavy atom. The molecule has 7 heteroatoms. The molecule has 1 aliphatic rings. The molecule has 86 valence electrons. The van der Waals surface area contributed by atoms with Gasteiger partial charge in [0.15, 0.2) is 0 Å². The van der Waals surface area contributed by atoms with Gasteiger partial charge in [-0.1, -0.05) is 0 Å². The Morgan fingerprint density at radius 3 is 2.27 bits per heavy atom. The smallest absolute Gasteiger partial charge is 0.471 e. The van der Waals surface area contributed by atoms with E-state index in [0.29, 0.717) is 6.42 Å². The predicted octanol–water partition coefficient (Wildman–Crippen LogP) is 0.918. The summed E-state index contributed by atoms with van der Waals surface area (Å²) in [4.78, 5) is 21.0. The number of amides is 1. The van der Waals surface area contributed by atoms with Crippen LogP contribution in [-0.2, 0) is 9.59 Å². The first kappa shape index (κ1) is 11.8. The van der Waals surface area contributed by atoms with E-state index >= 15 is 0 Å². The van der Waals surface area contributed by atoms with Crippen LogP contribution in [0.15, 0.2) is 0 Å². The lowest BCUT2D eigenvalue weighted by atomic mass is 10.1. The van der Waals surface area contributed by atoms with Crippen LogP contribution in [0.3, 0.4) is 0 Å². The number of carbonyl (C=O) groups is 2. The first-order valence-corrected chi connectivity index (χ1v) is 4.41. The normalized spacial score (nSPS) is 26.3. The zero-order valence-corrected chi connectivity index (χ0v) is 7.67. The largest absolute Gasteiger partial charge is 0.481 e. The minimum Gasteiger partial charge on any atom is -0.481 e. The molecule has 0 heterocycles. The Bertz CT molecular complexity index is 277. The summed E-state index contributed by atoms with van der Waals surface area (Å²) in [5.74, 6) is -3.68. The Hall–Kier alpha value is -1.27. The van der Waals surface area contributed by atoms with Gasteiger partial charge in [0.2, 0.25) is 0 Å². The van der Waals surface area contributed by atoms with Gasteiger partial charge in [-0.3, -0.25) is 9.59 Å². The minimum absolute atomic E-state index is 0.0666. The van der Waals surface area contributed by atoms with E-state index < -0.39 is 30.0 Å². The summed E-state index contributed by atoms with van der Waals surface area (Å²) in [7, 11) is 0. The molecule has 1 amide bonds. The van der Waals surface area contributed by atoms with Crippen LogP contribution in [0.4, 0.5) is 13.2 Å². The monoisotopic (exact) mass is 225 g/mol. The van der Waals surface area contributed by atoms with E-state index in [0.717, 1.165) is 0 Å². The first-order chi connectivity index (χ1) is 6.80. The van der Waals surface area contributed by atoms with Gasteiger partial charge in [-0.05, 0) is 19.3 Å². The second kappa shape index (κ2) is 4.08. The molecule has 2 atom stereocenters. The van der Waals surface area contributed by atoms with Gasteiger partial charge in [0, 0.05) is 6.04 Å². The summed E-state index contributed by atoms with van der Waals surface area (Å²) < 4.78 is 35.5. The van der Waals surface area contributed by atoms with E-state index in [1.165, 1.54) is 0 Å². The van der Waals surface area contributed by atoms with Crippen molar-refractivity contribution >= 4 is 11.9 Å². The van der Waals surface area contributed by atoms with Crippen LogP contribution in [0.1, 0.15) is 19.3 Å². The predicted molar refractivity (Wildman–Crippen MR) is 43.0 cm³/mol. The van der Waals surface area contributed by atoms with Crippen molar-refractivity contribution in [2.75, 3.05) is 0 Å². The number of alkyl halides is 3. The van der Waals surface area contributed by atoms with Crippen LogP contribution in [0.25, 0.3) is 0 Å². The van der Waals surface area contributed by atoms with Crippen LogP contribution < -0.4 is 5.32 Å². The molecule has 0 spiro atoms. The van der Waals surface area contributed by atoms with E-state index in [1.807, 2.05) is 0 Å². The fourth-order valence-corrected chi connectivity index (χ4v) is 1.60. The molecule has 0 saturated heterocycles. The number of carboxylic acid groups (broad SMARTS) is 1. The molecule has 0 aromatic rings. The van der Waals surface area contributed by atoms with Gasteiger partial charge in [-0.2, -0.15) is 13.2 Å². The van der Waals surface area contributed by atoms with Gasteiger partial charge in [0.1, 0.15) is 0 Å². The number of hydrogen-bond acceptors (Lipinski definition) is 2. The lowest BCUT2D eigenvalue weighted by Crippen LogP contribution is -2.42. The summed E-state index contributed by atoms with van der Waals surface area (Å²) in [5, 5.41) is 10.4. The molecular formula is C8H10F3NO3. The number of carbonyl (C=O) groups excluding carboxylic acids is 1. The van der Waals surface area contributed by atoms with E-state index in [-0.39, 0.29) is 12.8 Å². The Morgan fingerprint density at radius 1 is 1.27 bits per heavy atom. The number of halogens is 3. The standard InChI is InChI=1S/C8H10F3NO3/c9-8(10,11)7(15)12-5-2-1-4(3-5)6(13)14/h4-5H,1-3H2,(H,12,15)(H,13,14).